The zero-order valence-corrected chi connectivity index (χ0v) is 13.1. The number of rotatable bonds is 3. The minimum absolute atomic E-state index is 0.0141. The van der Waals surface area contributed by atoms with Gasteiger partial charge in [-0.05, 0) is 23.6 Å². The van der Waals surface area contributed by atoms with E-state index in [4.69, 9.17) is 16.3 Å². The summed E-state index contributed by atoms with van der Waals surface area (Å²) in [5.41, 5.74) is 3.42. The van der Waals surface area contributed by atoms with Crippen LogP contribution in [-0.2, 0) is 16.0 Å². The molecule has 0 spiro atoms. The van der Waals surface area contributed by atoms with Gasteiger partial charge >= 0.3 is 0 Å². The van der Waals surface area contributed by atoms with E-state index in [0.717, 1.165) is 57.1 Å². The lowest BCUT2D eigenvalue weighted by Crippen LogP contribution is -2.38. The summed E-state index contributed by atoms with van der Waals surface area (Å²) in [5.74, 6) is 0.109. The van der Waals surface area contributed by atoms with Crippen LogP contribution in [0.3, 0.4) is 0 Å². The summed E-state index contributed by atoms with van der Waals surface area (Å²) in [6.45, 7) is 6.73. The molecule has 1 fully saturated rings. The van der Waals surface area contributed by atoms with Crippen LogP contribution in [0.4, 0.5) is 5.69 Å². The maximum atomic E-state index is 11.6. The third kappa shape index (κ3) is 3.23. The third-order valence-electron chi connectivity index (χ3n) is 4.26. The fourth-order valence-corrected chi connectivity index (χ4v) is 3.39. The molecular weight excluding hydrogens is 288 g/mol. The van der Waals surface area contributed by atoms with Crippen molar-refractivity contribution in [2.45, 2.75) is 18.7 Å². The van der Waals surface area contributed by atoms with Gasteiger partial charge in [0.1, 0.15) is 0 Å². The normalized spacial score (nSPS) is 20.4. The molecule has 0 radical (unpaired) electrons. The molecule has 0 bridgehead atoms. The number of carbonyl (C=O) groups excluding carboxylic acids is 1. The van der Waals surface area contributed by atoms with Crippen LogP contribution in [0.5, 0.6) is 0 Å². The average Bonchev–Trinajstić information content (AvgIpc) is 2.91. The summed E-state index contributed by atoms with van der Waals surface area (Å²) in [6.07, 6.45) is 0.921. The highest BCUT2D eigenvalue weighted by molar-refractivity contribution is 6.21. The van der Waals surface area contributed by atoms with Crippen molar-refractivity contribution in [1.29, 1.82) is 0 Å². The maximum absolute atomic E-state index is 11.6. The predicted molar refractivity (Wildman–Crippen MR) is 84.0 cm³/mol. The second-order valence-corrected chi connectivity index (χ2v) is 6.22. The first kappa shape index (κ1) is 14.8. The zero-order valence-electron chi connectivity index (χ0n) is 12.3. The lowest BCUT2D eigenvalue weighted by molar-refractivity contribution is -0.116. The van der Waals surface area contributed by atoms with Gasteiger partial charge < -0.3 is 9.64 Å². The van der Waals surface area contributed by atoms with Crippen molar-refractivity contribution >= 4 is 23.2 Å². The summed E-state index contributed by atoms with van der Waals surface area (Å²) in [7, 11) is 0. The number of morpholine rings is 1. The molecule has 1 amide bonds. The lowest BCUT2D eigenvalue weighted by Gasteiger charge is -2.28. The molecule has 0 aromatic heterocycles. The van der Waals surface area contributed by atoms with E-state index in [1.165, 1.54) is 5.56 Å². The SMILES string of the molecule is CC(=O)N1CCc2cc(C(Cl)CN3CCOCC3)ccc21. The molecule has 5 heteroatoms. The summed E-state index contributed by atoms with van der Waals surface area (Å²) >= 11 is 6.58. The molecule has 2 heterocycles. The van der Waals surface area contributed by atoms with E-state index in [1.54, 1.807) is 6.92 Å². The summed E-state index contributed by atoms with van der Waals surface area (Å²) in [6, 6.07) is 6.25. The highest BCUT2D eigenvalue weighted by Gasteiger charge is 2.24. The molecule has 0 saturated carbocycles. The Kier molecular flexibility index (Phi) is 4.48. The average molecular weight is 309 g/mol. The van der Waals surface area contributed by atoms with Crippen LogP contribution in [-0.4, -0.2) is 50.2 Å². The van der Waals surface area contributed by atoms with Gasteiger partial charge in [-0.15, -0.1) is 11.6 Å². The van der Waals surface area contributed by atoms with Gasteiger partial charge in [-0.2, -0.15) is 0 Å². The van der Waals surface area contributed by atoms with Gasteiger partial charge in [-0.25, -0.2) is 0 Å². The molecule has 1 aromatic carbocycles. The number of hydrogen-bond acceptors (Lipinski definition) is 3. The maximum Gasteiger partial charge on any atom is 0.223 e. The second-order valence-electron chi connectivity index (χ2n) is 5.69. The molecule has 2 aliphatic rings. The largest absolute Gasteiger partial charge is 0.379 e. The molecule has 2 aliphatic heterocycles. The first-order valence-corrected chi connectivity index (χ1v) is 7.94. The van der Waals surface area contributed by atoms with E-state index in [-0.39, 0.29) is 11.3 Å². The number of ether oxygens (including phenoxy) is 1. The Bertz CT molecular complexity index is 529. The van der Waals surface area contributed by atoms with E-state index in [1.807, 2.05) is 11.0 Å². The monoisotopic (exact) mass is 308 g/mol. The van der Waals surface area contributed by atoms with Gasteiger partial charge in [0.2, 0.25) is 5.91 Å². The van der Waals surface area contributed by atoms with Crippen LogP contribution in [0, 0.1) is 0 Å². The topological polar surface area (TPSA) is 32.8 Å². The van der Waals surface area contributed by atoms with Crippen molar-refractivity contribution in [3.05, 3.63) is 29.3 Å². The minimum Gasteiger partial charge on any atom is -0.379 e. The van der Waals surface area contributed by atoms with Gasteiger partial charge in [-0.3, -0.25) is 9.69 Å². The highest BCUT2D eigenvalue weighted by atomic mass is 35.5. The Labute approximate surface area is 130 Å². The van der Waals surface area contributed by atoms with Gasteiger partial charge in [0.15, 0.2) is 0 Å². The smallest absolute Gasteiger partial charge is 0.223 e. The first-order chi connectivity index (χ1) is 10.1. The van der Waals surface area contributed by atoms with Gasteiger partial charge in [-0.1, -0.05) is 12.1 Å². The van der Waals surface area contributed by atoms with E-state index in [0.29, 0.717) is 0 Å². The van der Waals surface area contributed by atoms with Crippen LogP contribution in [0.25, 0.3) is 0 Å². The fraction of sp³-hybridized carbons (Fsp3) is 0.562. The Balaban J connectivity index is 1.70. The van der Waals surface area contributed by atoms with E-state index in [9.17, 15) is 4.79 Å². The number of benzene rings is 1. The minimum atomic E-state index is -0.0141. The van der Waals surface area contributed by atoms with Crippen molar-refractivity contribution in [1.82, 2.24) is 4.90 Å². The van der Waals surface area contributed by atoms with E-state index >= 15 is 0 Å². The molecule has 1 unspecified atom stereocenters. The number of nitrogens with zero attached hydrogens (tertiary/aromatic N) is 2. The quantitative estimate of drug-likeness (QED) is 0.803. The summed E-state index contributed by atoms with van der Waals surface area (Å²) in [4.78, 5) is 15.8. The molecule has 4 nitrogen and oxygen atoms in total. The van der Waals surface area contributed by atoms with Crippen molar-refractivity contribution < 1.29 is 9.53 Å². The lowest BCUT2D eigenvalue weighted by atomic mass is 10.1. The van der Waals surface area contributed by atoms with E-state index in [2.05, 4.69) is 17.0 Å². The van der Waals surface area contributed by atoms with Gasteiger partial charge in [0, 0.05) is 38.8 Å². The third-order valence-corrected chi connectivity index (χ3v) is 4.65. The Morgan fingerprint density at radius 2 is 2.10 bits per heavy atom. The van der Waals surface area contributed by atoms with Crippen LogP contribution in [0.15, 0.2) is 18.2 Å². The standard InChI is InChI=1S/C16H21ClN2O2/c1-12(20)19-5-4-14-10-13(2-3-16(14)19)15(17)11-18-6-8-21-9-7-18/h2-3,10,15H,4-9,11H2,1H3. The van der Waals surface area contributed by atoms with Crippen molar-refractivity contribution in [2.75, 3.05) is 44.3 Å². The molecule has 1 saturated heterocycles. The Morgan fingerprint density at radius 3 is 2.81 bits per heavy atom. The number of fused-ring (bicyclic) bond motifs is 1. The highest BCUT2D eigenvalue weighted by Crippen LogP contribution is 2.32. The first-order valence-electron chi connectivity index (χ1n) is 7.50. The van der Waals surface area contributed by atoms with Crippen molar-refractivity contribution in [2.24, 2.45) is 0 Å². The molecule has 21 heavy (non-hydrogen) atoms. The molecule has 3 rings (SSSR count). The zero-order chi connectivity index (χ0) is 14.8. The van der Waals surface area contributed by atoms with Crippen LogP contribution in [0.1, 0.15) is 23.4 Å². The second kappa shape index (κ2) is 6.34. The summed E-state index contributed by atoms with van der Waals surface area (Å²) in [5, 5.41) is -0.0141. The van der Waals surface area contributed by atoms with Crippen LogP contribution in [0.2, 0.25) is 0 Å². The number of carbonyl (C=O) groups is 1. The number of alkyl halides is 1. The molecular formula is C16H21ClN2O2. The van der Waals surface area contributed by atoms with Crippen LogP contribution >= 0.6 is 11.6 Å². The van der Waals surface area contributed by atoms with Crippen LogP contribution < -0.4 is 4.90 Å². The van der Waals surface area contributed by atoms with Crippen molar-refractivity contribution in [3.63, 3.8) is 0 Å². The van der Waals surface area contributed by atoms with Gasteiger partial charge in [0.05, 0.1) is 18.6 Å². The number of amides is 1. The van der Waals surface area contributed by atoms with Crippen molar-refractivity contribution in [3.8, 4) is 0 Å². The molecule has 1 atom stereocenters. The predicted octanol–water partition coefficient (Wildman–Crippen LogP) is 2.21. The molecule has 114 valence electrons. The number of anilines is 1. The number of hydrogen-bond donors (Lipinski definition) is 0. The molecule has 0 N–H and O–H groups in total. The molecule has 1 aromatic rings. The van der Waals surface area contributed by atoms with Gasteiger partial charge in [0.25, 0.3) is 0 Å². The fourth-order valence-electron chi connectivity index (χ4n) is 3.06. The number of halogens is 1. The van der Waals surface area contributed by atoms with E-state index < -0.39 is 0 Å². The molecule has 0 aliphatic carbocycles. The summed E-state index contributed by atoms with van der Waals surface area (Å²) < 4.78 is 5.36. The Hall–Kier alpha value is -1.10. The Morgan fingerprint density at radius 1 is 1.33 bits per heavy atom.